The fourth-order valence-electron chi connectivity index (χ4n) is 4.35. The molecule has 5 amide bonds. The van der Waals surface area contributed by atoms with Gasteiger partial charge in [0.25, 0.3) is 0 Å². The van der Waals surface area contributed by atoms with Crippen molar-refractivity contribution in [3.63, 3.8) is 0 Å². The molecular formula is C24H23ClF2N6O4. The van der Waals surface area contributed by atoms with Gasteiger partial charge in [-0.15, -0.1) is 0 Å². The Bertz CT molecular complexity index is 1400. The number of anilines is 1. The van der Waals surface area contributed by atoms with Crippen LogP contribution in [0.4, 0.5) is 24.1 Å². The molecule has 2 heterocycles. The third kappa shape index (κ3) is 5.19. The minimum Gasteiger partial charge on any atom is -0.351 e. The van der Waals surface area contributed by atoms with E-state index >= 15 is 0 Å². The molecule has 0 saturated carbocycles. The molecule has 0 aliphatic carbocycles. The lowest BCUT2D eigenvalue weighted by Crippen LogP contribution is -2.56. The van der Waals surface area contributed by atoms with Gasteiger partial charge in [-0.1, -0.05) is 41.9 Å². The molecule has 1 aliphatic heterocycles. The molecule has 37 heavy (non-hydrogen) atoms. The van der Waals surface area contributed by atoms with E-state index < -0.39 is 54.5 Å². The van der Waals surface area contributed by atoms with E-state index in [1.54, 1.807) is 24.3 Å². The molecule has 3 aromatic rings. The molecule has 0 unspecified atom stereocenters. The number of urea groups is 1. The van der Waals surface area contributed by atoms with Crippen LogP contribution < -0.4 is 21.7 Å². The van der Waals surface area contributed by atoms with Crippen molar-refractivity contribution in [3.05, 3.63) is 65.1 Å². The first-order chi connectivity index (χ1) is 17.6. The molecule has 10 nitrogen and oxygen atoms in total. The normalized spacial score (nSPS) is 19.0. The molecule has 4 rings (SSSR count). The fraction of sp³-hybridized carbons (Fsp3) is 0.250. The molecule has 1 fully saturated rings. The summed E-state index contributed by atoms with van der Waals surface area (Å²) in [5.41, 5.74) is 6.14. The summed E-state index contributed by atoms with van der Waals surface area (Å²) in [4.78, 5) is 50.9. The van der Waals surface area contributed by atoms with Crippen LogP contribution in [0.1, 0.15) is 12.5 Å². The van der Waals surface area contributed by atoms with Crippen molar-refractivity contribution in [3.8, 4) is 0 Å². The number of nitrogens with one attached hydrogen (secondary N) is 3. The van der Waals surface area contributed by atoms with E-state index in [1.807, 2.05) is 0 Å². The van der Waals surface area contributed by atoms with Crippen molar-refractivity contribution in [2.24, 2.45) is 5.73 Å². The van der Waals surface area contributed by atoms with Gasteiger partial charge in [-0.25, -0.2) is 18.4 Å². The number of alkyl halides is 1. The maximum absolute atomic E-state index is 15.0. The Morgan fingerprint density at radius 3 is 2.57 bits per heavy atom. The van der Waals surface area contributed by atoms with Gasteiger partial charge < -0.3 is 26.6 Å². The molecule has 5 N–H and O–H groups in total. The van der Waals surface area contributed by atoms with Gasteiger partial charge in [-0.05, 0) is 12.1 Å². The van der Waals surface area contributed by atoms with Crippen LogP contribution in [0.2, 0.25) is 5.02 Å². The fourth-order valence-corrected chi connectivity index (χ4v) is 4.54. The van der Waals surface area contributed by atoms with Crippen molar-refractivity contribution in [1.29, 1.82) is 0 Å². The Morgan fingerprint density at radius 2 is 1.86 bits per heavy atom. The van der Waals surface area contributed by atoms with Crippen LogP contribution in [-0.2, 0) is 16.1 Å². The topological polar surface area (TPSA) is 139 Å². The average molecular weight is 533 g/mol. The van der Waals surface area contributed by atoms with E-state index in [0.29, 0.717) is 10.9 Å². The first-order valence-electron chi connectivity index (χ1n) is 11.2. The maximum Gasteiger partial charge on any atom is 0.323 e. The zero-order valence-corrected chi connectivity index (χ0v) is 20.3. The second kappa shape index (κ2) is 10.4. The summed E-state index contributed by atoms with van der Waals surface area (Å²) in [6.07, 6.45) is -0.448. The largest absolute Gasteiger partial charge is 0.351 e. The van der Waals surface area contributed by atoms with Gasteiger partial charge in [0.05, 0.1) is 28.8 Å². The summed E-state index contributed by atoms with van der Waals surface area (Å²) in [6.45, 7) is 0.367. The molecule has 2 aromatic carbocycles. The minimum absolute atomic E-state index is 0.0852. The molecule has 1 aliphatic rings. The highest BCUT2D eigenvalue weighted by Crippen LogP contribution is 2.28. The summed E-state index contributed by atoms with van der Waals surface area (Å²) >= 11 is 5.78. The number of para-hydroxylation sites is 1. The van der Waals surface area contributed by atoms with Gasteiger partial charge in [-0.3, -0.25) is 14.2 Å². The van der Waals surface area contributed by atoms with Crippen LogP contribution in [0.5, 0.6) is 0 Å². The number of amides is 5. The molecule has 1 aromatic heterocycles. The van der Waals surface area contributed by atoms with Crippen molar-refractivity contribution in [1.82, 2.24) is 20.1 Å². The number of fused-ring (bicyclic) bond motifs is 1. The second-order valence-electron chi connectivity index (χ2n) is 8.47. The summed E-state index contributed by atoms with van der Waals surface area (Å²) < 4.78 is 30.4. The number of hydrogen-bond acceptors (Lipinski definition) is 4. The summed E-state index contributed by atoms with van der Waals surface area (Å²) in [5, 5.41) is 7.81. The van der Waals surface area contributed by atoms with Crippen molar-refractivity contribution >= 4 is 52.1 Å². The summed E-state index contributed by atoms with van der Waals surface area (Å²) in [5.74, 6) is -2.13. The number of halogens is 3. The van der Waals surface area contributed by atoms with Gasteiger partial charge in [0.15, 0.2) is 0 Å². The molecule has 1 saturated heterocycles. The number of carbonyl (C=O) groups excluding carboxylic acids is 4. The van der Waals surface area contributed by atoms with Crippen molar-refractivity contribution < 1.29 is 28.0 Å². The Hall–Kier alpha value is -4.19. The predicted octanol–water partition coefficient (Wildman–Crippen LogP) is 2.74. The Labute approximate surface area is 214 Å². The third-order valence-corrected chi connectivity index (χ3v) is 6.30. The van der Waals surface area contributed by atoms with Crippen LogP contribution in [0.15, 0.2) is 48.7 Å². The van der Waals surface area contributed by atoms with Crippen LogP contribution in [-0.4, -0.2) is 58.1 Å². The summed E-state index contributed by atoms with van der Waals surface area (Å²) in [7, 11) is 0. The van der Waals surface area contributed by atoms with E-state index in [-0.39, 0.29) is 22.8 Å². The zero-order valence-electron chi connectivity index (χ0n) is 19.5. The highest BCUT2D eigenvalue weighted by Gasteiger charge is 2.49. The lowest BCUT2D eigenvalue weighted by Gasteiger charge is -2.27. The van der Waals surface area contributed by atoms with Gasteiger partial charge in [0.1, 0.15) is 18.0 Å². The number of hydrogen-bond donors (Lipinski definition) is 4. The SMILES string of the molecule is CC(=O)N[C@H]1[C@@H](C(=O)NCc2cccc(Cl)c2F)N(C(=O)Nc2cn(C(N)=O)c3ccccc23)C[C@@H]1F. The molecule has 13 heteroatoms. The lowest BCUT2D eigenvalue weighted by molar-refractivity contribution is -0.126. The number of aromatic nitrogens is 1. The van der Waals surface area contributed by atoms with E-state index in [2.05, 4.69) is 16.0 Å². The molecule has 0 spiro atoms. The Morgan fingerprint density at radius 1 is 1.14 bits per heavy atom. The first kappa shape index (κ1) is 25.9. The van der Waals surface area contributed by atoms with Gasteiger partial charge in [-0.2, -0.15) is 0 Å². The smallest absolute Gasteiger partial charge is 0.323 e. The number of carbonyl (C=O) groups is 4. The molecule has 3 atom stereocenters. The zero-order chi connectivity index (χ0) is 26.9. The maximum atomic E-state index is 15.0. The number of rotatable bonds is 5. The molecule has 0 bridgehead atoms. The van der Waals surface area contributed by atoms with E-state index in [0.717, 1.165) is 16.4 Å². The number of nitrogens with zero attached hydrogens (tertiary/aromatic N) is 2. The van der Waals surface area contributed by atoms with Crippen LogP contribution in [0.25, 0.3) is 10.9 Å². The number of benzene rings is 2. The van der Waals surface area contributed by atoms with Gasteiger partial charge in [0, 0.05) is 30.6 Å². The van der Waals surface area contributed by atoms with Crippen molar-refractivity contribution in [2.45, 2.75) is 31.7 Å². The van der Waals surface area contributed by atoms with Crippen LogP contribution >= 0.6 is 11.6 Å². The molecule has 194 valence electrons. The van der Waals surface area contributed by atoms with Gasteiger partial charge in [0.2, 0.25) is 11.8 Å². The molecular weight excluding hydrogens is 510 g/mol. The molecule has 0 radical (unpaired) electrons. The van der Waals surface area contributed by atoms with Crippen LogP contribution in [0.3, 0.4) is 0 Å². The minimum atomic E-state index is -1.76. The van der Waals surface area contributed by atoms with Crippen LogP contribution in [0, 0.1) is 5.82 Å². The number of nitrogens with two attached hydrogens (primary N) is 1. The van der Waals surface area contributed by atoms with E-state index in [1.165, 1.54) is 24.4 Å². The third-order valence-electron chi connectivity index (χ3n) is 6.01. The van der Waals surface area contributed by atoms with E-state index in [4.69, 9.17) is 17.3 Å². The highest BCUT2D eigenvalue weighted by molar-refractivity contribution is 6.30. The monoisotopic (exact) mass is 532 g/mol. The summed E-state index contributed by atoms with van der Waals surface area (Å²) in [6, 6.07) is 6.48. The standard InChI is InChI=1S/C24H23ClF2N6O4/c1-12(34)30-20-16(26)10-33(21(20)22(35)29-9-13-5-4-7-15(25)19(13)27)24(37)31-17-11-32(23(28)36)18-8-3-2-6-14(17)18/h2-8,11,16,20-21H,9-10H2,1H3,(H2,28,36)(H,29,35)(H,30,34)(H,31,37)/t16-,20+,21-/m0/s1. The Kier molecular flexibility index (Phi) is 7.30. The highest BCUT2D eigenvalue weighted by atomic mass is 35.5. The first-order valence-corrected chi connectivity index (χ1v) is 11.6. The quantitative estimate of drug-likeness (QED) is 0.401. The number of likely N-dealkylation sites (tertiary alicyclic amines) is 1. The number of primary amides is 1. The lowest BCUT2D eigenvalue weighted by atomic mass is 10.1. The Balaban J connectivity index is 1.60. The van der Waals surface area contributed by atoms with E-state index in [9.17, 15) is 28.0 Å². The average Bonchev–Trinajstić information content (AvgIpc) is 3.37. The predicted molar refractivity (Wildman–Crippen MR) is 132 cm³/mol. The van der Waals surface area contributed by atoms with Crippen molar-refractivity contribution in [2.75, 3.05) is 11.9 Å². The second-order valence-corrected chi connectivity index (χ2v) is 8.88. The van der Waals surface area contributed by atoms with Gasteiger partial charge >= 0.3 is 12.1 Å².